The molecule has 3 N–H and O–H groups in total. The Labute approximate surface area is 225 Å². The van der Waals surface area contributed by atoms with Crippen molar-refractivity contribution in [3.8, 4) is 11.1 Å². The lowest BCUT2D eigenvalue weighted by Crippen LogP contribution is -2.46. The number of aliphatic hydroxyl groups is 1. The number of carboxylic acid groups (broad SMARTS) is 1. The van der Waals surface area contributed by atoms with Gasteiger partial charge >= 0.3 is 5.97 Å². The molecule has 0 fully saturated rings. The van der Waals surface area contributed by atoms with Crippen LogP contribution >= 0.6 is 0 Å². The fourth-order valence-corrected chi connectivity index (χ4v) is 4.86. The fraction of sp³-hybridized carbons (Fsp3) is 0.303. The van der Waals surface area contributed by atoms with E-state index in [1.54, 1.807) is 0 Å². The van der Waals surface area contributed by atoms with E-state index in [1.807, 2.05) is 55.5 Å². The van der Waals surface area contributed by atoms with Gasteiger partial charge in [0.1, 0.15) is 0 Å². The van der Waals surface area contributed by atoms with Crippen LogP contribution in [0.2, 0.25) is 0 Å². The van der Waals surface area contributed by atoms with Crippen LogP contribution < -0.4 is 5.32 Å². The number of aliphatic carboxylic acids is 1. The molecule has 0 aliphatic heterocycles. The van der Waals surface area contributed by atoms with Crippen LogP contribution in [-0.4, -0.2) is 41.0 Å². The first kappa shape index (κ1) is 27.5. The van der Waals surface area contributed by atoms with Gasteiger partial charge in [-0.15, -0.1) is 0 Å². The lowest BCUT2D eigenvalue weighted by molar-refractivity contribution is -0.136. The maximum Gasteiger partial charge on any atom is 0.307 e. The molecule has 0 aliphatic carbocycles. The Bertz CT molecular complexity index is 1380. The maximum absolute atomic E-state index is 11.1. The Morgan fingerprint density at radius 3 is 2.42 bits per heavy atom. The minimum atomic E-state index is -0.852. The third-order valence-corrected chi connectivity index (χ3v) is 6.81. The molecule has 38 heavy (non-hydrogen) atoms. The summed E-state index contributed by atoms with van der Waals surface area (Å²) >= 11 is 0. The first-order valence-electron chi connectivity index (χ1n) is 13.1. The summed E-state index contributed by atoms with van der Waals surface area (Å²) in [4.78, 5) is 11.1. The lowest BCUT2D eigenvalue weighted by atomic mass is 9.93. The van der Waals surface area contributed by atoms with Crippen molar-refractivity contribution in [3.05, 3.63) is 108 Å². The van der Waals surface area contributed by atoms with E-state index < -0.39 is 12.1 Å². The quantitative estimate of drug-likeness (QED) is 0.212. The van der Waals surface area contributed by atoms with E-state index in [4.69, 9.17) is 9.84 Å². The van der Waals surface area contributed by atoms with Crippen molar-refractivity contribution in [2.75, 3.05) is 13.2 Å². The number of carbonyl (C=O) groups is 1. The molecule has 4 aromatic carbocycles. The molecule has 2 atom stereocenters. The Morgan fingerprint density at radius 2 is 1.63 bits per heavy atom. The van der Waals surface area contributed by atoms with Crippen LogP contribution in [0.15, 0.2) is 91.0 Å². The molecule has 198 valence electrons. The van der Waals surface area contributed by atoms with Gasteiger partial charge < -0.3 is 20.3 Å². The van der Waals surface area contributed by atoms with Crippen molar-refractivity contribution < 1.29 is 19.7 Å². The van der Waals surface area contributed by atoms with E-state index in [1.165, 1.54) is 16.3 Å². The van der Waals surface area contributed by atoms with E-state index in [0.29, 0.717) is 6.54 Å². The highest BCUT2D eigenvalue weighted by atomic mass is 16.5. The summed E-state index contributed by atoms with van der Waals surface area (Å²) in [5.74, 6) is -0.852. The Morgan fingerprint density at radius 1 is 0.895 bits per heavy atom. The van der Waals surface area contributed by atoms with Crippen LogP contribution in [0.5, 0.6) is 0 Å². The molecule has 0 saturated carbocycles. The topological polar surface area (TPSA) is 78.8 Å². The number of rotatable bonds is 12. The van der Waals surface area contributed by atoms with E-state index >= 15 is 0 Å². The molecule has 4 rings (SSSR count). The zero-order valence-electron chi connectivity index (χ0n) is 22.4. The van der Waals surface area contributed by atoms with Crippen molar-refractivity contribution in [2.45, 2.75) is 51.4 Å². The summed E-state index contributed by atoms with van der Waals surface area (Å²) in [5, 5.41) is 25.8. The average Bonchev–Trinajstić information content (AvgIpc) is 2.90. The van der Waals surface area contributed by atoms with Gasteiger partial charge in [0.15, 0.2) is 0 Å². The van der Waals surface area contributed by atoms with Crippen LogP contribution in [0, 0.1) is 0 Å². The van der Waals surface area contributed by atoms with Gasteiger partial charge in [0.2, 0.25) is 0 Å². The summed E-state index contributed by atoms with van der Waals surface area (Å²) in [5.41, 5.74) is 4.76. The predicted octanol–water partition coefficient (Wildman–Crippen LogP) is 6.18. The Kier molecular flexibility index (Phi) is 8.95. The van der Waals surface area contributed by atoms with Gasteiger partial charge in [-0.05, 0) is 65.8 Å². The van der Waals surface area contributed by atoms with E-state index in [-0.39, 0.29) is 24.7 Å². The molecular weight excluding hydrogens is 474 g/mol. The van der Waals surface area contributed by atoms with Crippen molar-refractivity contribution in [2.24, 2.45) is 0 Å². The molecule has 0 heterocycles. The van der Waals surface area contributed by atoms with Gasteiger partial charge in [0, 0.05) is 12.1 Å². The third kappa shape index (κ3) is 7.51. The molecule has 0 amide bonds. The number of aliphatic hydroxyl groups excluding tert-OH is 1. The van der Waals surface area contributed by atoms with Crippen LogP contribution in [0.4, 0.5) is 0 Å². The second-order valence-corrected chi connectivity index (χ2v) is 10.6. The number of hydrogen-bond acceptors (Lipinski definition) is 4. The molecule has 0 spiro atoms. The van der Waals surface area contributed by atoms with Gasteiger partial charge in [-0.25, -0.2) is 0 Å². The van der Waals surface area contributed by atoms with Crippen LogP contribution in [-0.2, 0) is 22.4 Å². The van der Waals surface area contributed by atoms with Crippen LogP contribution in [0.1, 0.15) is 43.6 Å². The standard InChI is InChI=1S/C33H37NO4/c1-23(30-13-6-7-14-31(30)28-12-8-9-24(17-28)19-32(36)37)38-22-29(35)21-34-33(2,3)20-25-15-16-26-10-4-5-11-27(26)18-25/h4-18,23,29,34-35H,19-22H2,1-3H3,(H,36,37)/t23-,29+/m1/s1. The van der Waals surface area contributed by atoms with Gasteiger partial charge in [-0.2, -0.15) is 0 Å². The second kappa shape index (κ2) is 12.4. The smallest absolute Gasteiger partial charge is 0.307 e. The van der Waals surface area contributed by atoms with Gasteiger partial charge in [-0.3, -0.25) is 4.79 Å². The summed E-state index contributed by atoms with van der Waals surface area (Å²) in [6.07, 6.45) is -0.0665. The highest BCUT2D eigenvalue weighted by Gasteiger charge is 2.21. The van der Waals surface area contributed by atoms with E-state index in [0.717, 1.165) is 28.7 Å². The number of fused-ring (bicyclic) bond motifs is 1. The van der Waals surface area contributed by atoms with Crippen LogP contribution in [0.3, 0.4) is 0 Å². The van der Waals surface area contributed by atoms with Crippen molar-refractivity contribution >= 4 is 16.7 Å². The lowest BCUT2D eigenvalue weighted by Gasteiger charge is -2.28. The molecular formula is C33H37NO4. The molecule has 4 aromatic rings. The first-order valence-corrected chi connectivity index (χ1v) is 13.1. The molecule has 5 nitrogen and oxygen atoms in total. The molecule has 0 aliphatic rings. The van der Waals surface area contributed by atoms with Crippen LogP contribution in [0.25, 0.3) is 21.9 Å². The number of β-amino-alcohol motifs (C(OH)–C–C–N with tert-alkyl or cyclic N) is 1. The SMILES string of the molecule is C[C@@H](OC[C@@H](O)CNC(C)(C)Cc1ccc2ccccc2c1)c1ccccc1-c1cccc(CC(=O)O)c1. The van der Waals surface area contributed by atoms with Gasteiger partial charge in [0.25, 0.3) is 0 Å². The minimum Gasteiger partial charge on any atom is -0.481 e. The van der Waals surface area contributed by atoms with E-state index in [9.17, 15) is 9.90 Å². The number of carboxylic acids is 1. The van der Waals surface area contributed by atoms with E-state index in [2.05, 4.69) is 61.6 Å². The number of nitrogens with one attached hydrogen (secondary N) is 1. The number of hydrogen-bond donors (Lipinski definition) is 3. The molecule has 0 unspecified atom stereocenters. The summed E-state index contributed by atoms with van der Waals surface area (Å²) in [6.45, 7) is 6.89. The molecule has 0 radical (unpaired) electrons. The summed E-state index contributed by atoms with van der Waals surface area (Å²) < 4.78 is 6.09. The van der Waals surface area contributed by atoms with Crippen molar-refractivity contribution in [1.82, 2.24) is 5.32 Å². The fourth-order valence-electron chi connectivity index (χ4n) is 4.86. The Hall–Kier alpha value is -3.51. The minimum absolute atomic E-state index is 0.0154. The zero-order valence-corrected chi connectivity index (χ0v) is 22.4. The largest absolute Gasteiger partial charge is 0.481 e. The average molecular weight is 512 g/mol. The van der Waals surface area contributed by atoms with Gasteiger partial charge in [0.05, 0.1) is 25.2 Å². The second-order valence-electron chi connectivity index (χ2n) is 10.6. The van der Waals surface area contributed by atoms with Gasteiger partial charge in [-0.1, -0.05) is 91.0 Å². The molecule has 0 aromatic heterocycles. The van der Waals surface area contributed by atoms with Crippen molar-refractivity contribution in [1.29, 1.82) is 0 Å². The summed E-state index contributed by atoms with van der Waals surface area (Å²) in [7, 11) is 0. The summed E-state index contributed by atoms with van der Waals surface area (Å²) in [6, 6.07) is 30.5. The van der Waals surface area contributed by atoms with Crippen molar-refractivity contribution in [3.63, 3.8) is 0 Å². The normalized spacial score (nSPS) is 13.4. The number of benzene rings is 4. The predicted molar refractivity (Wildman–Crippen MR) is 153 cm³/mol. The monoisotopic (exact) mass is 511 g/mol. The zero-order chi connectivity index (χ0) is 27.1. The molecule has 0 saturated heterocycles. The first-order chi connectivity index (χ1) is 18.2. The highest BCUT2D eigenvalue weighted by Crippen LogP contribution is 2.30. The third-order valence-electron chi connectivity index (χ3n) is 6.81. The highest BCUT2D eigenvalue weighted by molar-refractivity contribution is 5.83. The Balaban J connectivity index is 1.33. The molecule has 5 heteroatoms. The molecule has 0 bridgehead atoms. The maximum atomic E-state index is 11.1. The number of ether oxygens (including phenoxy) is 1.